The molecule has 0 bridgehead atoms. The Balaban J connectivity index is 1.36. The summed E-state index contributed by atoms with van der Waals surface area (Å²) in [4.78, 5) is 0. The summed E-state index contributed by atoms with van der Waals surface area (Å²) in [5, 5.41) is 6.45. The Labute approximate surface area is 304 Å². The normalized spacial score (nSPS) is 14.6. The number of rotatable bonds is 4. The molecular formula is C50H38N2. The molecule has 0 unspecified atom stereocenters. The van der Waals surface area contributed by atoms with Gasteiger partial charge in [0.05, 0.1) is 16.9 Å². The number of para-hydroxylation sites is 1. The average molecular weight is 667 g/mol. The Bertz CT molecular complexity index is 2780. The van der Waals surface area contributed by atoms with Gasteiger partial charge in [-0.3, -0.25) is 0 Å². The van der Waals surface area contributed by atoms with Gasteiger partial charge in [0.25, 0.3) is 0 Å². The quantitative estimate of drug-likeness (QED) is 0.165. The molecule has 2 aromatic heterocycles. The van der Waals surface area contributed by atoms with Crippen molar-refractivity contribution in [3.8, 4) is 33.6 Å². The number of fused-ring (bicyclic) bond motifs is 8. The molecule has 11 rings (SSSR count). The van der Waals surface area contributed by atoms with Crippen molar-refractivity contribution in [2.75, 3.05) is 0 Å². The van der Waals surface area contributed by atoms with E-state index in [0.29, 0.717) is 0 Å². The van der Waals surface area contributed by atoms with Crippen molar-refractivity contribution in [1.82, 2.24) is 9.13 Å². The molecule has 0 amide bonds. The highest BCUT2D eigenvalue weighted by molar-refractivity contribution is 6.17. The third kappa shape index (κ3) is 4.37. The molecule has 3 aliphatic carbocycles. The number of aromatic nitrogens is 2. The third-order valence-corrected chi connectivity index (χ3v) is 11.7. The first-order valence-corrected chi connectivity index (χ1v) is 18.9. The molecule has 0 radical (unpaired) electrons. The van der Waals surface area contributed by atoms with E-state index in [0.717, 1.165) is 38.5 Å². The first kappa shape index (κ1) is 29.6. The van der Waals surface area contributed by atoms with Crippen molar-refractivity contribution in [2.24, 2.45) is 0 Å². The number of aryl methyl sites for hydroxylation is 1. The summed E-state index contributed by atoms with van der Waals surface area (Å²) < 4.78 is 5.22. The predicted molar refractivity (Wildman–Crippen MR) is 221 cm³/mol. The smallest absolute Gasteiger partial charge is 0.0620 e. The van der Waals surface area contributed by atoms with Crippen LogP contribution in [0, 0.1) is 0 Å². The highest BCUT2D eigenvalue weighted by Gasteiger charge is 2.28. The second kappa shape index (κ2) is 11.7. The second-order valence-corrected chi connectivity index (χ2v) is 14.6. The molecule has 0 saturated carbocycles. The highest BCUT2D eigenvalue weighted by atomic mass is 15.0. The van der Waals surface area contributed by atoms with Crippen LogP contribution in [-0.4, -0.2) is 9.13 Å². The summed E-state index contributed by atoms with van der Waals surface area (Å²) in [5.74, 6) is 0. The standard InChI is InChI=1S/C50H38N2/c1-3-15-33(16-4-1)35-27-29-41-43(31-35)49(51-45-23-11-7-19-37(45)38-20-8-12-24-46(38)51)42-30-28-36(34-17-5-2-6-18-34)32-44(42)50(41)52-47-25-13-9-21-39(47)40-22-10-14-26-48(40)52/h1-7,11-19,23-32H,8-10,20-22H2. The maximum atomic E-state index is 2.63. The maximum absolute atomic E-state index is 2.63. The topological polar surface area (TPSA) is 9.86 Å². The zero-order chi connectivity index (χ0) is 34.2. The number of hydrogen-bond donors (Lipinski definition) is 0. The lowest BCUT2D eigenvalue weighted by Crippen LogP contribution is -2.08. The molecule has 8 aromatic rings. The molecular weight excluding hydrogens is 629 g/mol. The van der Waals surface area contributed by atoms with Crippen molar-refractivity contribution in [3.63, 3.8) is 0 Å². The first-order valence-electron chi connectivity index (χ1n) is 18.9. The molecule has 0 aliphatic heterocycles. The van der Waals surface area contributed by atoms with Crippen LogP contribution < -0.4 is 0 Å². The number of hydrogen-bond acceptors (Lipinski definition) is 0. The van der Waals surface area contributed by atoms with E-state index in [1.54, 1.807) is 0 Å². The summed E-state index contributed by atoms with van der Waals surface area (Å²) in [7, 11) is 0. The number of benzene rings is 6. The van der Waals surface area contributed by atoms with Gasteiger partial charge in [-0.15, -0.1) is 0 Å². The van der Waals surface area contributed by atoms with E-state index in [2.05, 4.69) is 167 Å². The summed E-state index contributed by atoms with van der Waals surface area (Å²) in [6.07, 6.45) is 20.8. The monoisotopic (exact) mass is 666 g/mol. The first-order chi connectivity index (χ1) is 25.8. The molecule has 0 N–H and O–H groups in total. The van der Waals surface area contributed by atoms with Crippen LogP contribution in [0.4, 0.5) is 0 Å². The van der Waals surface area contributed by atoms with Gasteiger partial charge in [0.15, 0.2) is 0 Å². The van der Waals surface area contributed by atoms with Gasteiger partial charge in [-0.05, 0) is 114 Å². The van der Waals surface area contributed by atoms with Gasteiger partial charge >= 0.3 is 0 Å². The van der Waals surface area contributed by atoms with Crippen molar-refractivity contribution >= 4 is 50.7 Å². The Morgan fingerprint density at radius 1 is 0.346 bits per heavy atom. The number of nitrogens with zero attached hydrogens (tertiary/aromatic N) is 2. The molecule has 248 valence electrons. The van der Waals surface area contributed by atoms with E-state index in [9.17, 15) is 0 Å². The zero-order valence-electron chi connectivity index (χ0n) is 29.1. The zero-order valence-corrected chi connectivity index (χ0v) is 29.1. The largest absolute Gasteiger partial charge is 0.309 e. The van der Waals surface area contributed by atoms with Gasteiger partial charge in [-0.25, -0.2) is 0 Å². The summed E-state index contributed by atoms with van der Waals surface area (Å²) in [5.41, 5.74) is 17.3. The molecule has 0 spiro atoms. The van der Waals surface area contributed by atoms with E-state index < -0.39 is 0 Å². The van der Waals surface area contributed by atoms with Gasteiger partial charge in [0, 0.05) is 44.0 Å². The molecule has 0 fully saturated rings. The van der Waals surface area contributed by atoms with Crippen LogP contribution in [-0.2, 0) is 19.3 Å². The third-order valence-electron chi connectivity index (χ3n) is 11.7. The van der Waals surface area contributed by atoms with Crippen LogP contribution >= 0.6 is 0 Å². The van der Waals surface area contributed by atoms with Crippen LogP contribution in [0.25, 0.3) is 84.3 Å². The lowest BCUT2D eigenvalue weighted by Gasteiger charge is -2.24. The highest BCUT2D eigenvalue weighted by Crippen LogP contribution is 2.47. The molecule has 52 heavy (non-hydrogen) atoms. The molecule has 3 aliphatic rings. The van der Waals surface area contributed by atoms with Crippen LogP contribution in [0.15, 0.2) is 140 Å². The average Bonchev–Trinajstić information content (AvgIpc) is 3.73. The predicted octanol–water partition coefficient (Wildman–Crippen LogP) is 12.9. The van der Waals surface area contributed by atoms with Crippen LogP contribution in [0.5, 0.6) is 0 Å². The molecule has 0 saturated heterocycles. The lowest BCUT2D eigenvalue weighted by atomic mass is 9.92. The van der Waals surface area contributed by atoms with Gasteiger partial charge in [-0.2, -0.15) is 0 Å². The van der Waals surface area contributed by atoms with Gasteiger partial charge < -0.3 is 9.13 Å². The maximum Gasteiger partial charge on any atom is 0.0620 e. The second-order valence-electron chi connectivity index (χ2n) is 14.6. The van der Waals surface area contributed by atoms with Crippen LogP contribution in [0.1, 0.15) is 53.0 Å². The Hall–Kier alpha value is -6.12. The molecule has 2 heterocycles. The minimum Gasteiger partial charge on any atom is -0.309 e. The molecule has 6 aromatic carbocycles. The minimum atomic E-state index is 1.06. The summed E-state index contributed by atoms with van der Waals surface area (Å²) in [6.45, 7) is 0. The van der Waals surface area contributed by atoms with Gasteiger partial charge in [0.2, 0.25) is 0 Å². The van der Waals surface area contributed by atoms with Crippen molar-refractivity contribution in [2.45, 2.75) is 38.5 Å². The van der Waals surface area contributed by atoms with Gasteiger partial charge in [-0.1, -0.05) is 121 Å². The fraction of sp³-hybridized carbons (Fsp3) is 0.120. The fourth-order valence-corrected chi connectivity index (χ4v) is 9.42. The van der Waals surface area contributed by atoms with Crippen molar-refractivity contribution < 1.29 is 0 Å². The van der Waals surface area contributed by atoms with Gasteiger partial charge in [0.1, 0.15) is 0 Å². The fourth-order valence-electron chi connectivity index (χ4n) is 9.42. The Morgan fingerprint density at radius 2 is 0.808 bits per heavy atom. The molecule has 2 heteroatoms. The van der Waals surface area contributed by atoms with Crippen molar-refractivity contribution in [3.05, 3.63) is 173 Å². The van der Waals surface area contributed by atoms with Crippen molar-refractivity contribution in [1.29, 1.82) is 0 Å². The molecule has 0 atom stereocenters. The summed E-state index contributed by atoms with van der Waals surface area (Å²) in [6, 6.07) is 45.2. The van der Waals surface area contributed by atoms with E-state index in [-0.39, 0.29) is 0 Å². The van der Waals surface area contributed by atoms with Crippen LogP contribution in [0.2, 0.25) is 0 Å². The van der Waals surface area contributed by atoms with E-state index in [1.165, 1.54) is 99.8 Å². The summed E-state index contributed by atoms with van der Waals surface area (Å²) >= 11 is 0. The van der Waals surface area contributed by atoms with E-state index in [4.69, 9.17) is 0 Å². The van der Waals surface area contributed by atoms with E-state index in [1.807, 2.05) is 0 Å². The SMILES string of the molecule is C1=Cc2c(c3c(n2-c2c4cc(-c5ccccc5)ccc4c(-n4c5c(c6ccccc64)CCC=C5)c4cc(-c5ccccc5)ccc24)C=CCC3)CC1. The number of allylic oxidation sites excluding steroid dienone is 3. The lowest BCUT2D eigenvalue weighted by molar-refractivity contribution is 0.922. The van der Waals surface area contributed by atoms with E-state index >= 15 is 0 Å². The molecule has 2 nitrogen and oxygen atoms in total. The van der Waals surface area contributed by atoms with Crippen LogP contribution in [0.3, 0.4) is 0 Å². The Morgan fingerprint density at radius 3 is 1.37 bits per heavy atom. The minimum absolute atomic E-state index is 1.06. The Kier molecular flexibility index (Phi) is 6.67.